The highest BCUT2D eigenvalue weighted by molar-refractivity contribution is 7.98. The van der Waals surface area contributed by atoms with E-state index in [1.54, 1.807) is 17.8 Å². The van der Waals surface area contributed by atoms with E-state index >= 15 is 0 Å². The second kappa shape index (κ2) is 3.83. The molecule has 0 heterocycles. The largest absolute Gasteiger partial charge is 0.508 e. The smallest absolute Gasteiger partial charge is 0.118 e. The van der Waals surface area contributed by atoms with Crippen LogP contribution in [0, 0.1) is 6.92 Å². The Morgan fingerprint density at radius 2 is 2.17 bits per heavy atom. The zero-order valence-electron chi connectivity index (χ0n) is 7.29. The van der Waals surface area contributed by atoms with Gasteiger partial charge in [0.2, 0.25) is 0 Å². The molecule has 0 spiro atoms. The molecule has 0 saturated carbocycles. The third kappa shape index (κ3) is 1.73. The third-order valence-corrected chi connectivity index (χ3v) is 2.64. The molecule has 0 saturated heterocycles. The van der Waals surface area contributed by atoms with Crippen LogP contribution in [0.25, 0.3) is 0 Å². The standard InChI is InChI=1S/C9H13NOS/c1-6-3-9(12-2)7(5-10)4-8(6)11/h3-4,11H,5,10H2,1-2H3. The molecule has 0 atom stereocenters. The van der Waals surface area contributed by atoms with Crippen LogP contribution < -0.4 is 5.73 Å². The molecule has 3 N–H and O–H groups in total. The van der Waals surface area contributed by atoms with Crippen molar-refractivity contribution in [2.24, 2.45) is 5.73 Å². The lowest BCUT2D eigenvalue weighted by Gasteiger charge is -2.07. The molecule has 0 aliphatic heterocycles. The van der Waals surface area contributed by atoms with E-state index in [0.717, 1.165) is 16.0 Å². The van der Waals surface area contributed by atoms with E-state index < -0.39 is 0 Å². The second-order valence-corrected chi connectivity index (χ2v) is 3.50. The van der Waals surface area contributed by atoms with Crippen molar-refractivity contribution in [2.45, 2.75) is 18.4 Å². The summed E-state index contributed by atoms with van der Waals surface area (Å²) in [5, 5.41) is 9.39. The number of phenols is 1. The Hall–Kier alpha value is -0.670. The predicted octanol–water partition coefficient (Wildman–Crippen LogP) is 1.88. The molecule has 0 radical (unpaired) electrons. The molecule has 66 valence electrons. The van der Waals surface area contributed by atoms with Crippen molar-refractivity contribution in [3.63, 3.8) is 0 Å². The van der Waals surface area contributed by atoms with Gasteiger partial charge in [-0.15, -0.1) is 11.8 Å². The van der Waals surface area contributed by atoms with E-state index in [0.29, 0.717) is 12.3 Å². The van der Waals surface area contributed by atoms with Gasteiger partial charge in [-0.3, -0.25) is 0 Å². The Morgan fingerprint density at radius 1 is 1.50 bits per heavy atom. The first-order valence-electron chi connectivity index (χ1n) is 3.75. The number of phenolic OH excluding ortho intramolecular Hbond substituents is 1. The summed E-state index contributed by atoms with van der Waals surface area (Å²) in [6.45, 7) is 2.36. The lowest BCUT2D eigenvalue weighted by atomic mass is 10.1. The average Bonchev–Trinajstić information content (AvgIpc) is 2.09. The summed E-state index contributed by atoms with van der Waals surface area (Å²) in [5.74, 6) is 0.327. The Kier molecular flexibility index (Phi) is 3.00. The number of hydrogen-bond donors (Lipinski definition) is 2. The first kappa shape index (κ1) is 9.42. The Balaban J connectivity index is 3.19. The molecule has 0 amide bonds. The van der Waals surface area contributed by atoms with Gasteiger partial charge in [-0.05, 0) is 36.4 Å². The van der Waals surface area contributed by atoms with Crippen LogP contribution in [-0.2, 0) is 6.54 Å². The summed E-state index contributed by atoms with van der Waals surface area (Å²) in [5.41, 5.74) is 7.43. The van der Waals surface area contributed by atoms with Gasteiger partial charge in [-0.2, -0.15) is 0 Å². The number of thioether (sulfide) groups is 1. The topological polar surface area (TPSA) is 46.2 Å². The normalized spacial score (nSPS) is 10.2. The van der Waals surface area contributed by atoms with Gasteiger partial charge in [-0.1, -0.05) is 0 Å². The molecular weight excluding hydrogens is 170 g/mol. The van der Waals surface area contributed by atoms with Gasteiger partial charge < -0.3 is 10.8 Å². The molecule has 0 aliphatic rings. The van der Waals surface area contributed by atoms with E-state index in [2.05, 4.69) is 0 Å². The predicted molar refractivity (Wildman–Crippen MR) is 52.5 cm³/mol. The molecular formula is C9H13NOS. The van der Waals surface area contributed by atoms with Crippen LogP contribution in [-0.4, -0.2) is 11.4 Å². The summed E-state index contributed by atoms with van der Waals surface area (Å²) in [6, 6.07) is 3.70. The molecule has 1 aromatic carbocycles. The van der Waals surface area contributed by atoms with Crippen molar-refractivity contribution >= 4 is 11.8 Å². The average molecular weight is 183 g/mol. The number of nitrogens with two attached hydrogens (primary N) is 1. The van der Waals surface area contributed by atoms with Crippen LogP contribution in [0.2, 0.25) is 0 Å². The fourth-order valence-electron chi connectivity index (χ4n) is 1.06. The fraction of sp³-hybridized carbons (Fsp3) is 0.333. The molecule has 0 unspecified atom stereocenters. The number of aryl methyl sites for hydroxylation is 1. The van der Waals surface area contributed by atoms with Gasteiger partial charge in [0.05, 0.1) is 0 Å². The summed E-state index contributed by atoms with van der Waals surface area (Å²) < 4.78 is 0. The third-order valence-electron chi connectivity index (χ3n) is 1.82. The van der Waals surface area contributed by atoms with Crippen LogP contribution in [0.15, 0.2) is 17.0 Å². The van der Waals surface area contributed by atoms with E-state index in [-0.39, 0.29) is 0 Å². The van der Waals surface area contributed by atoms with Crippen LogP contribution >= 0.6 is 11.8 Å². The number of benzene rings is 1. The molecule has 0 fully saturated rings. The maximum Gasteiger partial charge on any atom is 0.118 e. The Bertz CT molecular complexity index is 257. The highest BCUT2D eigenvalue weighted by Gasteiger charge is 2.03. The first-order chi connectivity index (χ1) is 5.69. The van der Waals surface area contributed by atoms with Crippen molar-refractivity contribution in [1.82, 2.24) is 0 Å². The molecule has 1 aromatic rings. The van der Waals surface area contributed by atoms with Crippen molar-refractivity contribution < 1.29 is 5.11 Å². The first-order valence-corrected chi connectivity index (χ1v) is 4.98. The Morgan fingerprint density at radius 3 is 2.67 bits per heavy atom. The van der Waals surface area contributed by atoms with Gasteiger partial charge in [0, 0.05) is 11.4 Å². The molecule has 0 bridgehead atoms. The zero-order chi connectivity index (χ0) is 9.14. The summed E-state index contributed by atoms with van der Waals surface area (Å²) >= 11 is 1.65. The lowest BCUT2D eigenvalue weighted by Crippen LogP contribution is -1.98. The summed E-state index contributed by atoms with van der Waals surface area (Å²) in [6.07, 6.45) is 2.00. The second-order valence-electron chi connectivity index (χ2n) is 2.65. The molecule has 2 nitrogen and oxygen atoms in total. The maximum absolute atomic E-state index is 9.39. The number of rotatable bonds is 2. The molecule has 3 heteroatoms. The molecule has 12 heavy (non-hydrogen) atoms. The number of aromatic hydroxyl groups is 1. The quantitative estimate of drug-likeness (QED) is 0.688. The van der Waals surface area contributed by atoms with Crippen LogP contribution in [0.3, 0.4) is 0 Å². The van der Waals surface area contributed by atoms with Crippen molar-refractivity contribution in [1.29, 1.82) is 0 Å². The van der Waals surface area contributed by atoms with E-state index in [9.17, 15) is 5.11 Å². The summed E-state index contributed by atoms with van der Waals surface area (Å²) in [7, 11) is 0. The van der Waals surface area contributed by atoms with Gasteiger partial charge >= 0.3 is 0 Å². The van der Waals surface area contributed by atoms with E-state index in [1.165, 1.54) is 0 Å². The van der Waals surface area contributed by atoms with Crippen LogP contribution in [0.4, 0.5) is 0 Å². The highest BCUT2D eigenvalue weighted by atomic mass is 32.2. The molecule has 0 aliphatic carbocycles. The minimum Gasteiger partial charge on any atom is -0.508 e. The highest BCUT2D eigenvalue weighted by Crippen LogP contribution is 2.27. The van der Waals surface area contributed by atoms with Gasteiger partial charge in [0.15, 0.2) is 0 Å². The van der Waals surface area contributed by atoms with Gasteiger partial charge in [0.25, 0.3) is 0 Å². The zero-order valence-corrected chi connectivity index (χ0v) is 8.11. The maximum atomic E-state index is 9.39. The van der Waals surface area contributed by atoms with Gasteiger partial charge in [0.1, 0.15) is 5.75 Å². The summed E-state index contributed by atoms with van der Waals surface area (Å²) in [4.78, 5) is 1.15. The van der Waals surface area contributed by atoms with E-state index in [1.807, 2.05) is 19.2 Å². The van der Waals surface area contributed by atoms with Crippen molar-refractivity contribution in [3.05, 3.63) is 23.3 Å². The number of hydrogen-bond acceptors (Lipinski definition) is 3. The lowest BCUT2D eigenvalue weighted by molar-refractivity contribution is 0.469. The van der Waals surface area contributed by atoms with Crippen LogP contribution in [0.5, 0.6) is 5.75 Å². The van der Waals surface area contributed by atoms with Gasteiger partial charge in [-0.25, -0.2) is 0 Å². The monoisotopic (exact) mass is 183 g/mol. The Labute approximate surface area is 76.8 Å². The minimum absolute atomic E-state index is 0.327. The fourth-order valence-corrected chi connectivity index (χ4v) is 1.76. The van der Waals surface area contributed by atoms with E-state index in [4.69, 9.17) is 5.73 Å². The molecule has 1 rings (SSSR count). The minimum atomic E-state index is 0.327. The van der Waals surface area contributed by atoms with Crippen molar-refractivity contribution in [3.8, 4) is 5.75 Å². The van der Waals surface area contributed by atoms with Crippen LogP contribution in [0.1, 0.15) is 11.1 Å². The molecule has 0 aromatic heterocycles. The SMILES string of the molecule is CSc1cc(C)c(O)cc1CN. The van der Waals surface area contributed by atoms with Crippen molar-refractivity contribution in [2.75, 3.05) is 6.26 Å².